The highest BCUT2D eigenvalue weighted by Gasteiger charge is 2.35. The van der Waals surface area contributed by atoms with E-state index in [4.69, 9.17) is 4.74 Å². The van der Waals surface area contributed by atoms with E-state index >= 15 is 0 Å². The van der Waals surface area contributed by atoms with E-state index in [-0.39, 0.29) is 12.0 Å². The topological polar surface area (TPSA) is 68.5 Å². The molecule has 2 aromatic rings. The Bertz CT molecular complexity index is 536. The fourth-order valence-corrected chi connectivity index (χ4v) is 1.96. The summed E-state index contributed by atoms with van der Waals surface area (Å²) in [5.41, 5.74) is 0.978. The summed E-state index contributed by atoms with van der Waals surface area (Å²) in [4.78, 5) is 17.4. The molecule has 98 valence electrons. The predicted molar refractivity (Wildman–Crippen MR) is 65.2 cm³/mol. The first-order chi connectivity index (χ1) is 9.33. The minimum Gasteiger partial charge on any atom is -0.445 e. The van der Waals surface area contributed by atoms with Crippen molar-refractivity contribution in [1.29, 1.82) is 0 Å². The van der Waals surface area contributed by atoms with Crippen LogP contribution in [0.5, 0.6) is 0 Å². The second-order valence-electron chi connectivity index (χ2n) is 4.43. The maximum Gasteiger partial charge on any atom is 0.410 e. The summed E-state index contributed by atoms with van der Waals surface area (Å²) in [6.45, 7) is 1.45. The van der Waals surface area contributed by atoms with E-state index < -0.39 is 0 Å². The second kappa shape index (κ2) is 5.09. The number of aromatic nitrogens is 2. The largest absolute Gasteiger partial charge is 0.445 e. The number of rotatable bonds is 3. The van der Waals surface area contributed by atoms with E-state index in [0.717, 1.165) is 5.56 Å². The van der Waals surface area contributed by atoms with Crippen LogP contribution in [0, 0.1) is 0 Å². The second-order valence-corrected chi connectivity index (χ2v) is 4.43. The first-order valence-electron chi connectivity index (χ1n) is 6.05. The Labute approximate surface area is 110 Å². The Morgan fingerprint density at radius 2 is 2.16 bits per heavy atom. The third-order valence-electron chi connectivity index (χ3n) is 3.09. The Morgan fingerprint density at radius 1 is 1.37 bits per heavy atom. The summed E-state index contributed by atoms with van der Waals surface area (Å²) in [5, 5.41) is 3.76. The van der Waals surface area contributed by atoms with E-state index in [1.54, 1.807) is 4.90 Å². The molecule has 3 rings (SSSR count). The van der Waals surface area contributed by atoms with Crippen molar-refractivity contribution < 1.29 is 14.1 Å². The number of likely N-dealkylation sites (tertiary alicyclic amines) is 1. The molecular formula is C13H13N3O3. The first kappa shape index (κ1) is 11.7. The van der Waals surface area contributed by atoms with Gasteiger partial charge in [-0.15, -0.1) is 0 Å². The summed E-state index contributed by atoms with van der Waals surface area (Å²) in [5.74, 6) is 0.801. The fourth-order valence-electron chi connectivity index (χ4n) is 1.96. The first-order valence-corrected chi connectivity index (χ1v) is 6.05. The van der Waals surface area contributed by atoms with Gasteiger partial charge in [-0.25, -0.2) is 4.79 Å². The summed E-state index contributed by atoms with van der Waals surface area (Å²) in [6, 6.07) is 9.60. The van der Waals surface area contributed by atoms with Crippen molar-refractivity contribution in [3.05, 3.63) is 48.1 Å². The smallest absolute Gasteiger partial charge is 0.410 e. The highest BCUT2D eigenvalue weighted by molar-refractivity contribution is 5.69. The number of hydrogen-bond acceptors (Lipinski definition) is 5. The standard InChI is InChI=1S/C13H13N3O3/c17-13(18-8-10-4-2-1-3-5-10)16-6-11(7-16)12-14-9-19-15-12/h1-5,9,11H,6-8H2. The van der Waals surface area contributed by atoms with Crippen molar-refractivity contribution in [2.45, 2.75) is 12.5 Å². The van der Waals surface area contributed by atoms with Crippen molar-refractivity contribution in [2.75, 3.05) is 13.1 Å². The van der Waals surface area contributed by atoms with Crippen LogP contribution >= 0.6 is 0 Å². The molecule has 0 N–H and O–H groups in total. The SMILES string of the molecule is O=C(OCc1ccccc1)N1CC(c2ncon2)C1. The Hall–Kier alpha value is -2.37. The molecule has 2 heterocycles. The average Bonchev–Trinajstić information content (AvgIpc) is 2.90. The lowest BCUT2D eigenvalue weighted by Gasteiger charge is -2.36. The molecule has 1 saturated heterocycles. The molecule has 0 atom stereocenters. The van der Waals surface area contributed by atoms with Gasteiger partial charge in [0.2, 0.25) is 6.39 Å². The molecular weight excluding hydrogens is 246 g/mol. The monoisotopic (exact) mass is 259 g/mol. The van der Waals surface area contributed by atoms with Gasteiger partial charge in [0.15, 0.2) is 5.82 Å². The van der Waals surface area contributed by atoms with Crippen LogP contribution < -0.4 is 0 Å². The van der Waals surface area contributed by atoms with Crippen LogP contribution in [0.25, 0.3) is 0 Å². The molecule has 0 unspecified atom stereocenters. The van der Waals surface area contributed by atoms with E-state index in [2.05, 4.69) is 14.7 Å². The minimum atomic E-state index is -0.302. The third-order valence-corrected chi connectivity index (χ3v) is 3.09. The number of carbonyl (C=O) groups is 1. The molecule has 0 aliphatic carbocycles. The van der Waals surface area contributed by atoms with Crippen molar-refractivity contribution in [3.8, 4) is 0 Å². The van der Waals surface area contributed by atoms with Crippen LogP contribution in [0.1, 0.15) is 17.3 Å². The lowest BCUT2D eigenvalue weighted by Crippen LogP contribution is -2.49. The zero-order chi connectivity index (χ0) is 13.1. The van der Waals surface area contributed by atoms with Crippen molar-refractivity contribution in [3.63, 3.8) is 0 Å². The van der Waals surface area contributed by atoms with Gasteiger partial charge in [0.05, 0.1) is 5.92 Å². The minimum absolute atomic E-state index is 0.156. The summed E-state index contributed by atoms with van der Waals surface area (Å²) < 4.78 is 9.90. The van der Waals surface area contributed by atoms with Gasteiger partial charge in [-0.3, -0.25) is 0 Å². The fraction of sp³-hybridized carbons (Fsp3) is 0.308. The molecule has 1 aliphatic heterocycles. The van der Waals surface area contributed by atoms with Crippen molar-refractivity contribution >= 4 is 6.09 Å². The zero-order valence-electron chi connectivity index (χ0n) is 10.2. The van der Waals surface area contributed by atoms with E-state index in [0.29, 0.717) is 25.5 Å². The Morgan fingerprint density at radius 3 is 2.84 bits per heavy atom. The quantitative estimate of drug-likeness (QED) is 0.840. The van der Waals surface area contributed by atoms with Crippen molar-refractivity contribution in [1.82, 2.24) is 15.0 Å². The maximum atomic E-state index is 11.8. The van der Waals surface area contributed by atoms with Gasteiger partial charge < -0.3 is 14.2 Å². The van der Waals surface area contributed by atoms with Crippen LogP contribution in [0.2, 0.25) is 0 Å². The zero-order valence-corrected chi connectivity index (χ0v) is 10.2. The highest BCUT2D eigenvalue weighted by Crippen LogP contribution is 2.24. The van der Waals surface area contributed by atoms with E-state index in [1.807, 2.05) is 30.3 Å². The van der Waals surface area contributed by atoms with Crippen LogP contribution in [0.3, 0.4) is 0 Å². The lowest BCUT2D eigenvalue weighted by molar-refractivity contribution is 0.0646. The normalized spacial score (nSPS) is 15.1. The Balaban J connectivity index is 1.46. The maximum absolute atomic E-state index is 11.8. The van der Waals surface area contributed by atoms with Crippen molar-refractivity contribution in [2.24, 2.45) is 0 Å². The number of hydrogen-bond donors (Lipinski definition) is 0. The van der Waals surface area contributed by atoms with Gasteiger partial charge in [-0.05, 0) is 5.56 Å². The van der Waals surface area contributed by atoms with E-state index in [9.17, 15) is 4.79 Å². The molecule has 0 spiro atoms. The average molecular weight is 259 g/mol. The van der Waals surface area contributed by atoms with Gasteiger partial charge in [-0.2, -0.15) is 4.98 Å². The molecule has 6 heteroatoms. The summed E-state index contributed by atoms with van der Waals surface area (Å²) >= 11 is 0. The number of benzene rings is 1. The van der Waals surface area contributed by atoms with Gasteiger partial charge in [0.25, 0.3) is 0 Å². The van der Waals surface area contributed by atoms with Gasteiger partial charge >= 0.3 is 6.09 Å². The predicted octanol–water partition coefficient (Wildman–Crippen LogP) is 1.81. The third kappa shape index (κ3) is 2.57. The van der Waals surface area contributed by atoms with Crippen LogP contribution in [0.15, 0.2) is 41.2 Å². The van der Waals surface area contributed by atoms with Gasteiger partial charge in [-0.1, -0.05) is 35.5 Å². The van der Waals surface area contributed by atoms with E-state index in [1.165, 1.54) is 6.39 Å². The molecule has 0 saturated carbocycles. The molecule has 0 radical (unpaired) electrons. The lowest BCUT2D eigenvalue weighted by atomic mass is 10.0. The summed E-state index contributed by atoms with van der Waals surface area (Å²) in [7, 11) is 0. The molecule has 1 aromatic carbocycles. The molecule has 1 amide bonds. The number of amides is 1. The Kier molecular flexibility index (Phi) is 3.14. The van der Waals surface area contributed by atoms with Crippen LogP contribution in [-0.2, 0) is 11.3 Å². The summed E-state index contributed by atoms with van der Waals surface area (Å²) in [6.07, 6.45) is 0.995. The van der Waals surface area contributed by atoms with Gasteiger partial charge in [0, 0.05) is 13.1 Å². The molecule has 1 aliphatic rings. The molecule has 19 heavy (non-hydrogen) atoms. The molecule has 1 fully saturated rings. The van der Waals surface area contributed by atoms with Crippen LogP contribution in [-0.4, -0.2) is 34.2 Å². The number of ether oxygens (including phenoxy) is 1. The van der Waals surface area contributed by atoms with Crippen LogP contribution in [0.4, 0.5) is 4.79 Å². The molecule has 6 nitrogen and oxygen atoms in total. The molecule has 1 aromatic heterocycles. The van der Waals surface area contributed by atoms with Gasteiger partial charge in [0.1, 0.15) is 6.61 Å². The molecule has 0 bridgehead atoms. The number of nitrogens with zero attached hydrogens (tertiary/aromatic N) is 3. The highest BCUT2D eigenvalue weighted by atomic mass is 16.6. The number of carbonyl (C=O) groups excluding carboxylic acids is 1.